The van der Waals surface area contributed by atoms with Crippen LogP contribution in [-0.4, -0.2) is 21.2 Å². The molecule has 0 atom stereocenters. The Morgan fingerprint density at radius 2 is 2.41 bits per heavy atom. The lowest BCUT2D eigenvalue weighted by Gasteiger charge is -1.99. The van der Waals surface area contributed by atoms with E-state index in [0.29, 0.717) is 11.6 Å². The molecule has 0 saturated heterocycles. The van der Waals surface area contributed by atoms with Gasteiger partial charge in [0.2, 0.25) is 5.95 Å². The first kappa shape index (κ1) is 11.0. The van der Waals surface area contributed by atoms with Crippen molar-refractivity contribution in [2.24, 2.45) is 5.10 Å². The molecule has 0 aliphatic carbocycles. The number of hydrogen-bond donors (Lipinski definition) is 2. The van der Waals surface area contributed by atoms with Crippen molar-refractivity contribution in [3.8, 4) is 0 Å². The Morgan fingerprint density at radius 3 is 3.12 bits per heavy atom. The average molecular weight is 229 g/mol. The zero-order chi connectivity index (χ0) is 12.1. The third-order valence-electron chi connectivity index (χ3n) is 1.94. The number of hydrogen-bond acceptors (Lipinski definition) is 5. The lowest BCUT2D eigenvalue weighted by Crippen LogP contribution is -2.10. The van der Waals surface area contributed by atoms with Crippen LogP contribution < -0.4 is 11.0 Å². The Bertz CT molecular complexity index is 576. The number of aryl methyl sites for hydroxylation is 1. The van der Waals surface area contributed by atoms with Crippen LogP contribution in [0.1, 0.15) is 11.3 Å². The number of pyridine rings is 1. The highest BCUT2D eigenvalue weighted by Gasteiger charge is 1.94. The molecule has 2 aromatic heterocycles. The summed E-state index contributed by atoms with van der Waals surface area (Å²) in [6.07, 6.45) is 4.96. The van der Waals surface area contributed by atoms with Crippen molar-refractivity contribution in [2.75, 3.05) is 5.43 Å². The van der Waals surface area contributed by atoms with Crippen LogP contribution in [0.5, 0.6) is 0 Å². The van der Waals surface area contributed by atoms with Gasteiger partial charge in [-0.2, -0.15) is 5.10 Å². The molecule has 0 aliphatic rings. The van der Waals surface area contributed by atoms with Crippen LogP contribution in [0.2, 0.25) is 0 Å². The van der Waals surface area contributed by atoms with Crippen LogP contribution >= 0.6 is 0 Å². The highest BCUT2D eigenvalue weighted by molar-refractivity contribution is 5.79. The number of aromatic amines is 1. The van der Waals surface area contributed by atoms with Crippen LogP contribution in [0.4, 0.5) is 5.95 Å². The van der Waals surface area contributed by atoms with Gasteiger partial charge in [0, 0.05) is 29.7 Å². The summed E-state index contributed by atoms with van der Waals surface area (Å²) in [5.74, 6) is 0.315. The number of hydrazone groups is 1. The minimum Gasteiger partial charge on any atom is -0.291 e. The first-order valence-electron chi connectivity index (χ1n) is 5.01. The maximum Gasteiger partial charge on any atom is 0.252 e. The fourth-order valence-corrected chi connectivity index (χ4v) is 1.25. The average Bonchev–Trinajstić information content (AvgIpc) is 2.29. The Labute approximate surface area is 97.5 Å². The minimum atomic E-state index is -0.212. The van der Waals surface area contributed by atoms with E-state index in [4.69, 9.17) is 0 Å². The van der Waals surface area contributed by atoms with Gasteiger partial charge in [-0.3, -0.25) is 14.8 Å². The minimum absolute atomic E-state index is 0.212. The second-order valence-electron chi connectivity index (χ2n) is 3.39. The number of anilines is 1. The quantitative estimate of drug-likeness (QED) is 0.605. The number of H-pyrrole nitrogens is 1. The van der Waals surface area contributed by atoms with E-state index in [1.807, 2.05) is 12.1 Å². The van der Waals surface area contributed by atoms with Gasteiger partial charge in [0.15, 0.2) is 0 Å². The standard InChI is InChI=1S/C11H11N5O/c1-8-5-10(17)15-11(14-8)16-13-7-9-3-2-4-12-6-9/h2-7H,1H3,(H2,14,15,16,17)/b13-7+. The Morgan fingerprint density at radius 1 is 1.53 bits per heavy atom. The summed E-state index contributed by atoms with van der Waals surface area (Å²) in [5, 5.41) is 3.95. The van der Waals surface area contributed by atoms with Crippen LogP contribution in [0, 0.1) is 6.92 Å². The second-order valence-corrected chi connectivity index (χ2v) is 3.39. The van der Waals surface area contributed by atoms with Gasteiger partial charge in [-0.05, 0) is 13.0 Å². The third kappa shape index (κ3) is 3.23. The van der Waals surface area contributed by atoms with Crippen molar-refractivity contribution >= 4 is 12.2 Å². The van der Waals surface area contributed by atoms with E-state index in [0.717, 1.165) is 5.56 Å². The number of nitrogens with zero attached hydrogens (tertiary/aromatic N) is 3. The van der Waals surface area contributed by atoms with Crippen molar-refractivity contribution in [2.45, 2.75) is 6.92 Å². The molecule has 0 aliphatic heterocycles. The molecule has 6 nitrogen and oxygen atoms in total. The van der Waals surface area contributed by atoms with E-state index in [1.165, 1.54) is 6.07 Å². The summed E-state index contributed by atoms with van der Waals surface area (Å²) in [5.41, 5.74) is 3.93. The van der Waals surface area contributed by atoms with Crippen LogP contribution in [0.3, 0.4) is 0 Å². The Hall–Kier alpha value is -2.50. The first-order valence-corrected chi connectivity index (χ1v) is 5.01. The Kier molecular flexibility index (Phi) is 3.25. The van der Waals surface area contributed by atoms with E-state index in [-0.39, 0.29) is 5.56 Å². The first-order chi connectivity index (χ1) is 8.24. The smallest absolute Gasteiger partial charge is 0.252 e. The maximum atomic E-state index is 11.1. The normalized spacial score (nSPS) is 10.6. The van der Waals surface area contributed by atoms with E-state index < -0.39 is 0 Å². The van der Waals surface area contributed by atoms with Crippen molar-refractivity contribution in [1.29, 1.82) is 0 Å². The third-order valence-corrected chi connectivity index (χ3v) is 1.94. The molecule has 2 N–H and O–H groups in total. The molecule has 0 saturated carbocycles. The molecule has 86 valence electrons. The van der Waals surface area contributed by atoms with Gasteiger partial charge in [0.25, 0.3) is 5.56 Å². The molecule has 6 heteroatoms. The highest BCUT2D eigenvalue weighted by atomic mass is 16.1. The van der Waals surface area contributed by atoms with Gasteiger partial charge in [0.1, 0.15) is 0 Å². The molecular weight excluding hydrogens is 218 g/mol. The maximum absolute atomic E-state index is 11.1. The van der Waals surface area contributed by atoms with E-state index in [1.54, 1.807) is 25.5 Å². The lowest BCUT2D eigenvalue weighted by atomic mass is 10.3. The van der Waals surface area contributed by atoms with E-state index >= 15 is 0 Å². The monoisotopic (exact) mass is 229 g/mol. The number of rotatable bonds is 3. The summed E-state index contributed by atoms with van der Waals surface area (Å²) >= 11 is 0. The van der Waals surface area contributed by atoms with Crippen molar-refractivity contribution < 1.29 is 0 Å². The lowest BCUT2D eigenvalue weighted by molar-refractivity contribution is 1.04. The molecule has 17 heavy (non-hydrogen) atoms. The molecule has 0 radical (unpaired) electrons. The van der Waals surface area contributed by atoms with Gasteiger partial charge in [-0.25, -0.2) is 10.4 Å². The molecule has 0 aromatic carbocycles. The largest absolute Gasteiger partial charge is 0.291 e. The molecule has 0 fully saturated rings. The fourth-order valence-electron chi connectivity index (χ4n) is 1.25. The summed E-state index contributed by atoms with van der Waals surface area (Å²) in [4.78, 5) is 21.7. The van der Waals surface area contributed by atoms with Crippen molar-refractivity contribution in [3.63, 3.8) is 0 Å². The van der Waals surface area contributed by atoms with Gasteiger partial charge in [-0.1, -0.05) is 6.07 Å². The van der Waals surface area contributed by atoms with Gasteiger partial charge in [0.05, 0.1) is 6.21 Å². The molecule has 2 heterocycles. The van der Waals surface area contributed by atoms with Crippen LogP contribution in [0.15, 0.2) is 40.5 Å². The molecule has 0 spiro atoms. The van der Waals surface area contributed by atoms with Gasteiger partial charge >= 0.3 is 0 Å². The summed E-state index contributed by atoms with van der Waals surface area (Å²) < 4.78 is 0. The van der Waals surface area contributed by atoms with Crippen LogP contribution in [-0.2, 0) is 0 Å². The predicted molar refractivity (Wildman–Crippen MR) is 65.0 cm³/mol. The predicted octanol–water partition coefficient (Wildman–Crippen LogP) is 0.919. The van der Waals surface area contributed by atoms with Gasteiger partial charge < -0.3 is 0 Å². The summed E-state index contributed by atoms with van der Waals surface area (Å²) in [6, 6.07) is 5.09. The van der Waals surface area contributed by atoms with Gasteiger partial charge in [-0.15, -0.1) is 0 Å². The Balaban J connectivity index is 2.07. The number of aromatic nitrogens is 3. The molecular formula is C11H11N5O. The summed E-state index contributed by atoms with van der Waals surface area (Å²) in [7, 11) is 0. The molecule has 2 aromatic rings. The molecule has 0 bridgehead atoms. The zero-order valence-electron chi connectivity index (χ0n) is 9.21. The van der Waals surface area contributed by atoms with E-state index in [2.05, 4.69) is 25.5 Å². The van der Waals surface area contributed by atoms with Crippen molar-refractivity contribution in [1.82, 2.24) is 15.0 Å². The zero-order valence-corrected chi connectivity index (χ0v) is 9.21. The van der Waals surface area contributed by atoms with Crippen molar-refractivity contribution in [3.05, 3.63) is 52.2 Å². The van der Waals surface area contributed by atoms with E-state index in [9.17, 15) is 4.79 Å². The topological polar surface area (TPSA) is 83.0 Å². The van der Waals surface area contributed by atoms with Crippen LogP contribution in [0.25, 0.3) is 0 Å². The SMILES string of the molecule is Cc1cc(=O)[nH]c(N/N=C/c2cccnc2)n1. The second kappa shape index (κ2) is 5.02. The molecule has 0 unspecified atom stereocenters. The summed E-state index contributed by atoms with van der Waals surface area (Å²) in [6.45, 7) is 1.74. The molecule has 0 amide bonds. The fraction of sp³-hybridized carbons (Fsp3) is 0.0909. The molecule has 2 rings (SSSR count). The highest BCUT2D eigenvalue weighted by Crippen LogP contribution is 1.96. The number of nitrogens with one attached hydrogen (secondary N) is 2.